The molecule has 0 amide bonds. The molecular weight excluding hydrogens is 343 g/mol. The van der Waals surface area contributed by atoms with E-state index in [9.17, 15) is 9.50 Å². The Morgan fingerprint density at radius 1 is 0.926 bits per heavy atom. The third-order valence-electron chi connectivity index (χ3n) is 3.93. The standard InChI is InChI=1S/C22H21FN2O2/c23-13-16-27-21-9-7-20(8-10-21)25-22(26)19-5-3-17(4-6-19)1-2-18-11-14-24-15-12-18/h1-12,14-15,22,25-26H,13,16H2/b2-1+. The number of nitrogens with one attached hydrogen (secondary N) is 1. The van der Waals surface area contributed by atoms with Crippen molar-refractivity contribution < 1.29 is 14.2 Å². The van der Waals surface area contributed by atoms with E-state index in [-0.39, 0.29) is 6.61 Å². The molecule has 0 saturated carbocycles. The maximum Gasteiger partial charge on any atom is 0.150 e. The van der Waals surface area contributed by atoms with Crippen molar-refractivity contribution in [2.45, 2.75) is 6.23 Å². The number of rotatable bonds is 8. The van der Waals surface area contributed by atoms with Gasteiger partial charge in [0.1, 0.15) is 19.0 Å². The fourth-order valence-electron chi connectivity index (χ4n) is 2.50. The van der Waals surface area contributed by atoms with Gasteiger partial charge in [-0.3, -0.25) is 4.98 Å². The zero-order valence-electron chi connectivity index (χ0n) is 14.8. The second-order valence-corrected chi connectivity index (χ2v) is 5.89. The molecule has 1 unspecified atom stereocenters. The molecule has 3 aromatic rings. The summed E-state index contributed by atoms with van der Waals surface area (Å²) in [7, 11) is 0. The number of hydrogen-bond donors (Lipinski definition) is 2. The molecule has 4 nitrogen and oxygen atoms in total. The van der Waals surface area contributed by atoms with E-state index in [0.29, 0.717) is 5.75 Å². The first-order valence-electron chi connectivity index (χ1n) is 8.66. The zero-order chi connectivity index (χ0) is 18.9. The minimum Gasteiger partial charge on any atom is -0.491 e. The van der Waals surface area contributed by atoms with Crippen LogP contribution in [0.1, 0.15) is 22.9 Å². The van der Waals surface area contributed by atoms with Crippen LogP contribution in [0.5, 0.6) is 5.75 Å². The molecular formula is C22H21FN2O2. The van der Waals surface area contributed by atoms with Crippen LogP contribution in [0.15, 0.2) is 73.1 Å². The SMILES string of the molecule is OC(Nc1ccc(OCCF)cc1)c1ccc(/C=C/c2ccncc2)cc1. The van der Waals surface area contributed by atoms with Crippen molar-refractivity contribution in [2.75, 3.05) is 18.6 Å². The second-order valence-electron chi connectivity index (χ2n) is 5.89. The van der Waals surface area contributed by atoms with Crippen molar-refractivity contribution in [2.24, 2.45) is 0 Å². The van der Waals surface area contributed by atoms with E-state index in [1.807, 2.05) is 48.6 Å². The highest BCUT2D eigenvalue weighted by Gasteiger charge is 2.07. The lowest BCUT2D eigenvalue weighted by Crippen LogP contribution is -2.09. The molecule has 2 N–H and O–H groups in total. The van der Waals surface area contributed by atoms with Gasteiger partial charge in [0, 0.05) is 23.6 Å². The monoisotopic (exact) mass is 364 g/mol. The molecule has 1 atom stereocenters. The number of aromatic nitrogens is 1. The van der Waals surface area contributed by atoms with E-state index in [0.717, 1.165) is 22.4 Å². The molecule has 0 radical (unpaired) electrons. The molecule has 5 heteroatoms. The Balaban J connectivity index is 1.58. The fraction of sp³-hybridized carbons (Fsp3) is 0.136. The van der Waals surface area contributed by atoms with Gasteiger partial charge in [-0.25, -0.2) is 4.39 Å². The predicted octanol–water partition coefficient (Wildman–Crippen LogP) is 4.70. The number of aliphatic hydroxyl groups is 1. The van der Waals surface area contributed by atoms with Crippen molar-refractivity contribution in [3.63, 3.8) is 0 Å². The Morgan fingerprint density at radius 2 is 1.56 bits per heavy atom. The summed E-state index contributed by atoms with van der Waals surface area (Å²) in [5, 5.41) is 13.4. The summed E-state index contributed by atoms with van der Waals surface area (Å²) in [5.74, 6) is 0.595. The van der Waals surface area contributed by atoms with Gasteiger partial charge < -0.3 is 15.2 Å². The zero-order valence-corrected chi connectivity index (χ0v) is 14.8. The summed E-state index contributed by atoms with van der Waals surface area (Å²) in [6, 6.07) is 18.6. The Hall–Kier alpha value is -3.18. The minimum atomic E-state index is -0.833. The van der Waals surface area contributed by atoms with Crippen LogP contribution >= 0.6 is 0 Å². The second kappa shape index (κ2) is 9.50. The molecule has 3 rings (SSSR count). The van der Waals surface area contributed by atoms with Gasteiger partial charge in [0.25, 0.3) is 0 Å². The van der Waals surface area contributed by atoms with Crippen LogP contribution in [0.25, 0.3) is 12.2 Å². The number of aliphatic hydroxyl groups excluding tert-OH is 1. The maximum absolute atomic E-state index is 12.1. The molecule has 1 heterocycles. The Bertz CT molecular complexity index is 850. The van der Waals surface area contributed by atoms with E-state index in [4.69, 9.17) is 4.74 Å². The van der Waals surface area contributed by atoms with Crippen molar-refractivity contribution in [1.82, 2.24) is 4.98 Å². The Morgan fingerprint density at radius 3 is 2.19 bits per heavy atom. The molecule has 0 aliphatic carbocycles. The smallest absolute Gasteiger partial charge is 0.150 e. The summed E-state index contributed by atoms with van der Waals surface area (Å²) in [6.07, 6.45) is 6.70. The average molecular weight is 364 g/mol. The summed E-state index contributed by atoms with van der Waals surface area (Å²) < 4.78 is 17.3. The topological polar surface area (TPSA) is 54.4 Å². The lowest BCUT2D eigenvalue weighted by Gasteiger charge is -2.15. The Labute approximate surface area is 158 Å². The first-order valence-corrected chi connectivity index (χ1v) is 8.66. The fourth-order valence-corrected chi connectivity index (χ4v) is 2.50. The molecule has 0 bridgehead atoms. The summed E-state index contributed by atoms with van der Waals surface area (Å²) >= 11 is 0. The highest BCUT2D eigenvalue weighted by molar-refractivity contribution is 5.69. The summed E-state index contributed by atoms with van der Waals surface area (Å²) in [6.45, 7) is -0.482. The van der Waals surface area contributed by atoms with Gasteiger partial charge in [-0.1, -0.05) is 36.4 Å². The molecule has 1 aromatic heterocycles. The van der Waals surface area contributed by atoms with Crippen molar-refractivity contribution in [3.8, 4) is 5.75 Å². The van der Waals surface area contributed by atoms with E-state index in [2.05, 4.69) is 10.3 Å². The van der Waals surface area contributed by atoms with Gasteiger partial charge >= 0.3 is 0 Å². The summed E-state index contributed by atoms with van der Waals surface area (Å²) in [4.78, 5) is 3.99. The minimum absolute atomic E-state index is 0.0390. The normalized spacial score (nSPS) is 12.1. The van der Waals surface area contributed by atoms with Crippen molar-refractivity contribution >= 4 is 17.8 Å². The largest absolute Gasteiger partial charge is 0.491 e. The van der Waals surface area contributed by atoms with E-state index < -0.39 is 12.9 Å². The number of anilines is 1. The van der Waals surface area contributed by atoms with Crippen molar-refractivity contribution in [1.29, 1.82) is 0 Å². The van der Waals surface area contributed by atoms with Gasteiger partial charge in [-0.15, -0.1) is 0 Å². The van der Waals surface area contributed by atoms with Crippen LogP contribution < -0.4 is 10.1 Å². The number of halogens is 1. The average Bonchev–Trinajstić information content (AvgIpc) is 2.73. The van der Waals surface area contributed by atoms with Gasteiger partial charge in [-0.2, -0.15) is 0 Å². The number of pyridine rings is 1. The van der Waals surface area contributed by atoms with E-state index in [1.165, 1.54) is 0 Å². The van der Waals surface area contributed by atoms with Crippen molar-refractivity contribution in [3.05, 3.63) is 89.7 Å². The van der Waals surface area contributed by atoms with Crippen LogP contribution in [-0.4, -0.2) is 23.4 Å². The summed E-state index contributed by atoms with van der Waals surface area (Å²) in [5.41, 5.74) is 3.62. The lowest BCUT2D eigenvalue weighted by molar-refractivity contribution is 0.208. The highest BCUT2D eigenvalue weighted by Crippen LogP contribution is 2.21. The van der Waals surface area contributed by atoms with Gasteiger partial charge in [0.15, 0.2) is 6.23 Å². The predicted molar refractivity (Wildman–Crippen MR) is 106 cm³/mol. The molecule has 0 saturated heterocycles. The Kier molecular flexibility index (Phi) is 6.55. The molecule has 138 valence electrons. The van der Waals surface area contributed by atoms with E-state index in [1.54, 1.807) is 36.7 Å². The number of benzene rings is 2. The first-order chi connectivity index (χ1) is 13.2. The number of alkyl halides is 1. The van der Waals surface area contributed by atoms with Gasteiger partial charge in [0.2, 0.25) is 0 Å². The van der Waals surface area contributed by atoms with Gasteiger partial charge in [0.05, 0.1) is 0 Å². The first kappa shape index (κ1) is 18.6. The quantitative estimate of drug-likeness (QED) is 0.569. The van der Waals surface area contributed by atoms with Gasteiger partial charge in [-0.05, 0) is 47.5 Å². The number of hydrogen-bond acceptors (Lipinski definition) is 4. The number of nitrogens with zero attached hydrogens (tertiary/aromatic N) is 1. The molecule has 27 heavy (non-hydrogen) atoms. The van der Waals surface area contributed by atoms with Crippen LogP contribution in [0, 0.1) is 0 Å². The van der Waals surface area contributed by atoms with E-state index >= 15 is 0 Å². The third-order valence-corrected chi connectivity index (χ3v) is 3.93. The highest BCUT2D eigenvalue weighted by atomic mass is 19.1. The molecule has 0 aliphatic rings. The van der Waals surface area contributed by atoms with Crippen LogP contribution in [0.4, 0.5) is 10.1 Å². The molecule has 0 fully saturated rings. The molecule has 2 aromatic carbocycles. The number of ether oxygens (including phenoxy) is 1. The van der Waals surface area contributed by atoms with Crippen LogP contribution in [-0.2, 0) is 0 Å². The third kappa shape index (κ3) is 5.66. The van der Waals surface area contributed by atoms with Crippen LogP contribution in [0.2, 0.25) is 0 Å². The molecule has 0 spiro atoms. The van der Waals surface area contributed by atoms with Crippen LogP contribution in [0.3, 0.4) is 0 Å². The molecule has 0 aliphatic heterocycles. The maximum atomic E-state index is 12.1. The lowest BCUT2D eigenvalue weighted by atomic mass is 10.1.